The highest BCUT2D eigenvalue weighted by atomic mass is 15.0. The smallest absolute Gasteiger partial charge is 0.0992 e. The predicted octanol–water partition coefficient (Wildman–Crippen LogP) is 0.132. The molecule has 1 aromatic rings. The quantitative estimate of drug-likeness (QED) is 0.610. The number of rotatable bonds is 0. The summed E-state index contributed by atoms with van der Waals surface area (Å²) in [7, 11) is 0. The van der Waals surface area contributed by atoms with Crippen LogP contribution in [-0.2, 0) is 0 Å². The van der Waals surface area contributed by atoms with Crippen LogP contribution in [-0.4, -0.2) is 31.2 Å². The SMILES string of the molecule is C1CNCCN1.N#Cc1ccncc1. The number of piperazine rings is 1. The fourth-order valence-corrected chi connectivity index (χ4v) is 1.03. The number of aromatic nitrogens is 1. The van der Waals surface area contributed by atoms with Gasteiger partial charge in [-0.15, -0.1) is 0 Å². The van der Waals surface area contributed by atoms with Gasteiger partial charge in [0.05, 0.1) is 11.6 Å². The van der Waals surface area contributed by atoms with Crippen LogP contribution in [0.2, 0.25) is 0 Å². The predicted molar refractivity (Wildman–Crippen MR) is 54.7 cm³/mol. The van der Waals surface area contributed by atoms with E-state index < -0.39 is 0 Å². The van der Waals surface area contributed by atoms with Crippen molar-refractivity contribution in [3.05, 3.63) is 30.1 Å². The van der Waals surface area contributed by atoms with Gasteiger partial charge in [0.15, 0.2) is 0 Å². The lowest BCUT2D eigenvalue weighted by Crippen LogP contribution is -2.39. The van der Waals surface area contributed by atoms with Gasteiger partial charge in [0.2, 0.25) is 0 Å². The van der Waals surface area contributed by atoms with Crippen molar-refractivity contribution in [3.8, 4) is 6.07 Å². The molecule has 1 aromatic heterocycles. The highest BCUT2D eigenvalue weighted by Crippen LogP contribution is 1.89. The first-order valence-corrected chi connectivity index (χ1v) is 4.65. The van der Waals surface area contributed by atoms with Crippen molar-refractivity contribution in [1.82, 2.24) is 15.6 Å². The number of nitrogens with one attached hydrogen (secondary N) is 2. The summed E-state index contributed by atoms with van der Waals surface area (Å²) in [6.45, 7) is 4.56. The van der Waals surface area contributed by atoms with Crippen molar-refractivity contribution in [2.45, 2.75) is 0 Å². The molecule has 0 atom stereocenters. The Hall–Kier alpha value is -1.44. The normalized spacial score (nSPS) is 14.8. The van der Waals surface area contributed by atoms with Crippen molar-refractivity contribution < 1.29 is 0 Å². The van der Waals surface area contributed by atoms with E-state index in [9.17, 15) is 0 Å². The Morgan fingerprint density at radius 3 is 1.86 bits per heavy atom. The van der Waals surface area contributed by atoms with Gasteiger partial charge >= 0.3 is 0 Å². The second-order valence-corrected chi connectivity index (χ2v) is 2.85. The molecule has 14 heavy (non-hydrogen) atoms. The van der Waals surface area contributed by atoms with Gasteiger partial charge in [-0.2, -0.15) is 5.26 Å². The first kappa shape index (κ1) is 10.6. The summed E-state index contributed by atoms with van der Waals surface area (Å²) in [6.07, 6.45) is 3.19. The number of nitrogens with zero attached hydrogens (tertiary/aromatic N) is 2. The van der Waals surface area contributed by atoms with Crippen molar-refractivity contribution in [2.75, 3.05) is 26.2 Å². The zero-order valence-electron chi connectivity index (χ0n) is 8.03. The lowest BCUT2D eigenvalue weighted by molar-refractivity contribution is 0.534. The third-order valence-electron chi connectivity index (χ3n) is 1.77. The first-order chi connectivity index (χ1) is 6.93. The van der Waals surface area contributed by atoms with Crippen molar-refractivity contribution >= 4 is 0 Å². The van der Waals surface area contributed by atoms with E-state index in [4.69, 9.17) is 5.26 Å². The van der Waals surface area contributed by atoms with E-state index in [0.29, 0.717) is 5.56 Å². The number of hydrogen-bond donors (Lipinski definition) is 2. The molecule has 0 bridgehead atoms. The Balaban J connectivity index is 0.000000146. The summed E-state index contributed by atoms with van der Waals surface area (Å²) in [5, 5.41) is 14.7. The first-order valence-electron chi connectivity index (χ1n) is 4.65. The van der Waals surface area contributed by atoms with Crippen LogP contribution in [0.25, 0.3) is 0 Å². The highest BCUT2D eigenvalue weighted by molar-refractivity contribution is 5.24. The third kappa shape index (κ3) is 4.55. The monoisotopic (exact) mass is 190 g/mol. The van der Waals surface area contributed by atoms with Gasteiger partial charge in [0.1, 0.15) is 0 Å². The number of pyridine rings is 1. The van der Waals surface area contributed by atoms with Crippen LogP contribution in [0.15, 0.2) is 24.5 Å². The van der Waals surface area contributed by atoms with Crippen LogP contribution in [0, 0.1) is 11.3 Å². The molecule has 1 aliphatic rings. The fraction of sp³-hybridized carbons (Fsp3) is 0.400. The van der Waals surface area contributed by atoms with Crippen LogP contribution < -0.4 is 10.6 Å². The minimum Gasteiger partial charge on any atom is -0.314 e. The molecule has 2 heterocycles. The fourth-order valence-electron chi connectivity index (χ4n) is 1.03. The standard InChI is InChI=1S/C6H4N2.C4H10N2/c7-5-6-1-3-8-4-2-6;1-2-6-4-3-5-1/h1-4H;5-6H,1-4H2. The van der Waals surface area contributed by atoms with E-state index in [1.807, 2.05) is 6.07 Å². The Labute approximate surface area is 84.0 Å². The van der Waals surface area contributed by atoms with Crippen LogP contribution in [0.3, 0.4) is 0 Å². The molecule has 0 saturated carbocycles. The largest absolute Gasteiger partial charge is 0.314 e. The third-order valence-corrected chi connectivity index (χ3v) is 1.77. The molecule has 0 amide bonds. The second-order valence-electron chi connectivity index (χ2n) is 2.85. The molecule has 74 valence electrons. The minimum atomic E-state index is 0.653. The molecule has 4 nitrogen and oxygen atoms in total. The second kappa shape index (κ2) is 7.01. The van der Waals surface area contributed by atoms with Gasteiger partial charge in [0.25, 0.3) is 0 Å². The van der Waals surface area contributed by atoms with Crippen molar-refractivity contribution in [1.29, 1.82) is 5.26 Å². The molecule has 0 spiro atoms. The topological polar surface area (TPSA) is 60.7 Å². The molecular weight excluding hydrogens is 176 g/mol. The van der Waals surface area contributed by atoms with E-state index in [0.717, 1.165) is 26.2 Å². The minimum absolute atomic E-state index is 0.653. The summed E-state index contributed by atoms with van der Waals surface area (Å²) < 4.78 is 0. The Morgan fingerprint density at radius 1 is 1.07 bits per heavy atom. The molecule has 1 saturated heterocycles. The maximum Gasteiger partial charge on any atom is 0.0992 e. The summed E-state index contributed by atoms with van der Waals surface area (Å²) in [5.74, 6) is 0. The molecular formula is C10H14N4. The molecule has 2 rings (SSSR count). The zero-order valence-corrected chi connectivity index (χ0v) is 8.03. The molecule has 4 heteroatoms. The maximum absolute atomic E-state index is 8.26. The van der Waals surface area contributed by atoms with Crippen LogP contribution in [0.1, 0.15) is 5.56 Å². The molecule has 1 fully saturated rings. The van der Waals surface area contributed by atoms with E-state index >= 15 is 0 Å². The summed E-state index contributed by atoms with van der Waals surface area (Å²) in [5.41, 5.74) is 0.653. The molecule has 0 aromatic carbocycles. The number of nitriles is 1. The van der Waals surface area contributed by atoms with Gasteiger partial charge in [-0.25, -0.2) is 0 Å². The van der Waals surface area contributed by atoms with Crippen LogP contribution >= 0.6 is 0 Å². The van der Waals surface area contributed by atoms with Gasteiger partial charge in [0, 0.05) is 38.6 Å². The Morgan fingerprint density at radius 2 is 1.57 bits per heavy atom. The molecule has 0 radical (unpaired) electrons. The average Bonchev–Trinajstić information content (AvgIpc) is 2.33. The molecule has 0 unspecified atom stereocenters. The lowest BCUT2D eigenvalue weighted by Gasteiger charge is -2.11. The van der Waals surface area contributed by atoms with Crippen molar-refractivity contribution in [3.63, 3.8) is 0 Å². The van der Waals surface area contributed by atoms with Crippen LogP contribution in [0.4, 0.5) is 0 Å². The Bertz CT molecular complexity index is 262. The van der Waals surface area contributed by atoms with Gasteiger partial charge in [-0.05, 0) is 12.1 Å². The summed E-state index contributed by atoms with van der Waals surface area (Å²) >= 11 is 0. The van der Waals surface area contributed by atoms with E-state index in [2.05, 4.69) is 15.6 Å². The van der Waals surface area contributed by atoms with Gasteiger partial charge in [-0.1, -0.05) is 0 Å². The van der Waals surface area contributed by atoms with Crippen molar-refractivity contribution in [2.24, 2.45) is 0 Å². The summed E-state index contributed by atoms with van der Waals surface area (Å²) in [4.78, 5) is 3.74. The molecule has 1 aliphatic heterocycles. The van der Waals surface area contributed by atoms with E-state index in [1.54, 1.807) is 24.5 Å². The maximum atomic E-state index is 8.26. The van der Waals surface area contributed by atoms with E-state index in [-0.39, 0.29) is 0 Å². The zero-order chi connectivity index (χ0) is 10.1. The Kier molecular flexibility index (Phi) is 5.33. The number of hydrogen-bond acceptors (Lipinski definition) is 4. The molecule has 2 N–H and O–H groups in total. The summed E-state index contributed by atoms with van der Waals surface area (Å²) in [6, 6.07) is 5.32. The average molecular weight is 190 g/mol. The molecule has 0 aliphatic carbocycles. The lowest BCUT2D eigenvalue weighted by atomic mass is 10.3. The van der Waals surface area contributed by atoms with E-state index in [1.165, 1.54) is 0 Å². The van der Waals surface area contributed by atoms with Gasteiger partial charge < -0.3 is 10.6 Å². The van der Waals surface area contributed by atoms with Gasteiger partial charge in [-0.3, -0.25) is 4.98 Å². The van der Waals surface area contributed by atoms with Crippen LogP contribution in [0.5, 0.6) is 0 Å². The highest BCUT2D eigenvalue weighted by Gasteiger charge is 1.91.